The minimum Gasteiger partial charge on any atom is -0.323 e. The third kappa shape index (κ3) is 1.37. The Balaban J connectivity index is 1.92. The van der Waals surface area contributed by atoms with Crippen molar-refractivity contribution in [3.63, 3.8) is 0 Å². The number of fused-ring (bicyclic) bond motifs is 1. The third-order valence-corrected chi connectivity index (χ3v) is 4.92. The molecule has 0 radical (unpaired) electrons. The number of hydrogen-bond donors (Lipinski definition) is 1. The standard InChI is InChI=1S/C12H22NO2/c1-10-13(14)8-4-7-12(9-13)6-3-2-5-11(12)15-10/h10-11,14H,2-9H2,1H3/q+1. The van der Waals surface area contributed by atoms with Crippen LogP contribution in [-0.2, 0) is 4.74 Å². The molecule has 2 heterocycles. The summed E-state index contributed by atoms with van der Waals surface area (Å²) in [6, 6.07) is 0. The van der Waals surface area contributed by atoms with Crippen LogP contribution in [0.4, 0.5) is 0 Å². The van der Waals surface area contributed by atoms with Crippen molar-refractivity contribution >= 4 is 0 Å². The Morgan fingerprint density at radius 3 is 2.93 bits per heavy atom. The van der Waals surface area contributed by atoms with Gasteiger partial charge in [0.25, 0.3) is 0 Å². The summed E-state index contributed by atoms with van der Waals surface area (Å²) in [7, 11) is 0. The van der Waals surface area contributed by atoms with Crippen LogP contribution in [0.25, 0.3) is 0 Å². The number of hydroxylamine groups is 3. The molecule has 15 heavy (non-hydrogen) atoms. The fourth-order valence-corrected chi connectivity index (χ4v) is 4.02. The first kappa shape index (κ1) is 10.1. The van der Waals surface area contributed by atoms with Crippen LogP contribution in [0.5, 0.6) is 0 Å². The molecule has 2 bridgehead atoms. The fraction of sp³-hybridized carbons (Fsp3) is 1.00. The maximum Gasteiger partial charge on any atom is 0.220 e. The highest BCUT2D eigenvalue weighted by Crippen LogP contribution is 2.50. The van der Waals surface area contributed by atoms with E-state index in [0.717, 1.165) is 13.1 Å². The lowest BCUT2D eigenvalue weighted by Crippen LogP contribution is -2.69. The number of nitrogens with zero attached hydrogens (tertiary/aromatic N) is 1. The minimum absolute atomic E-state index is 0.0125. The molecule has 3 nitrogen and oxygen atoms in total. The summed E-state index contributed by atoms with van der Waals surface area (Å²) in [5.74, 6) is 0. The highest BCUT2D eigenvalue weighted by Gasteiger charge is 2.58. The van der Waals surface area contributed by atoms with E-state index in [1.165, 1.54) is 38.5 Å². The molecule has 3 rings (SSSR count). The Morgan fingerprint density at radius 1 is 1.27 bits per heavy atom. The first-order valence-corrected chi connectivity index (χ1v) is 6.40. The largest absolute Gasteiger partial charge is 0.323 e. The quantitative estimate of drug-likeness (QED) is 0.624. The fourth-order valence-electron chi connectivity index (χ4n) is 4.02. The second kappa shape index (κ2) is 3.19. The Hall–Kier alpha value is -0.120. The molecule has 3 aliphatic rings. The van der Waals surface area contributed by atoms with Gasteiger partial charge in [-0.05, 0) is 19.3 Å². The lowest BCUT2D eigenvalue weighted by molar-refractivity contribution is -1.15. The molecule has 0 aromatic carbocycles. The molecule has 2 saturated heterocycles. The maximum absolute atomic E-state index is 10.5. The molecule has 1 saturated carbocycles. The van der Waals surface area contributed by atoms with Crippen molar-refractivity contribution in [1.29, 1.82) is 0 Å². The van der Waals surface area contributed by atoms with Gasteiger partial charge in [0.2, 0.25) is 6.23 Å². The highest BCUT2D eigenvalue weighted by atomic mass is 16.6. The summed E-state index contributed by atoms with van der Waals surface area (Å²) in [6.07, 6.45) is 7.97. The zero-order valence-corrected chi connectivity index (χ0v) is 9.61. The smallest absolute Gasteiger partial charge is 0.220 e. The molecule has 1 spiro atoms. The van der Waals surface area contributed by atoms with Gasteiger partial charge in [0.15, 0.2) is 0 Å². The van der Waals surface area contributed by atoms with Crippen LogP contribution in [0.15, 0.2) is 0 Å². The maximum atomic E-state index is 10.5. The van der Waals surface area contributed by atoms with Crippen molar-refractivity contribution in [1.82, 2.24) is 0 Å². The molecular formula is C12H22NO2+. The molecule has 86 valence electrons. The molecule has 2 aliphatic heterocycles. The summed E-state index contributed by atoms with van der Waals surface area (Å²) in [5, 5.41) is 10.5. The van der Waals surface area contributed by atoms with E-state index in [9.17, 15) is 5.21 Å². The average Bonchev–Trinajstić information content (AvgIpc) is 2.20. The predicted octanol–water partition coefficient (Wildman–Crippen LogP) is 2.29. The Morgan fingerprint density at radius 2 is 2.07 bits per heavy atom. The predicted molar refractivity (Wildman–Crippen MR) is 56.3 cm³/mol. The molecule has 4 atom stereocenters. The van der Waals surface area contributed by atoms with Crippen molar-refractivity contribution in [2.75, 3.05) is 13.1 Å². The molecule has 0 amide bonds. The van der Waals surface area contributed by atoms with Crippen molar-refractivity contribution in [3.05, 3.63) is 0 Å². The van der Waals surface area contributed by atoms with Gasteiger partial charge in [-0.2, -0.15) is 4.65 Å². The Labute approximate surface area is 91.6 Å². The van der Waals surface area contributed by atoms with Gasteiger partial charge in [-0.15, -0.1) is 0 Å². The SMILES string of the molecule is CC1OC2CCCCC23CCC[N+]1(O)C3. The van der Waals surface area contributed by atoms with Crippen LogP contribution >= 0.6 is 0 Å². The molecule has 3 fully saturated rings. The lowest BCUT2D eigenvalue weighted by Gasteiger charge is -2.56. The first-order valence-electron chi connectivity index (χ1n) is 6.40. The van der Waals surface area contributed by atoms with E-state index >= 15 is 0 Å². The minimum atomic E-state index is -0.0125. The van der Waals surface area contributed by atoms with E-state index < -0.39 is 0 Å². The van der Waals surface area contributed by atoms with Crippen LogP contribution in [0.2, 0.25) is 0 Å². The van der Waals surface area contributed by atoms with Crippen LogP contribution < -0.4 is 0 Å². The molecule has 0 aromatic rings. The molecule has 0 aromatic heterocycles. The number of quaternary nitrogens is 1. The zero-order valence-electron chi connectivity index (χ0n) is 9.61. The van der Waals surface area contributed by atoms with E-state index in [0.29, 0.717) is 11.5 Å². The monoisotopic (exact) mass is 212 g/mol. The average molecular weight is 212 g/mol. The van der Waals surface area contributed by atoms with E-state index in [2.05, 4.69) is 0 Å². The summed E-state index contributed by atoms with van der Waals surface area (Å²) in [5.41, 5.74) is 0.317. The van der Waals surface area contributed by atoms with Crippen LogP contribution in [0.3, 0.4) is 0 Å². The van der Waals surface area contributed by atoms with E-state index in [1.807, 2.05) is 6.92 Å². The zero-order chi connectivity index (χ0) is 10.5. The first-order chi connectivity index (χ1) is 7.15. The van der Waals surface area contributed by atoms with Crippen LogP contribution in [-0.4, -0.2) is 35.3 Å². The molecular weight excluding hydrogens is 190 g/mol. The van der Waals surface area contributed by atoms with Crippen molar-refractivity contribution < 1.29 is 14.6 Å². The molecule has 3 heteroatoms. The second-order valence-electron chi connectivity index (χ2n) is 5.80. The van der Waals surface area contributed by atoms with Gasteiger partial charge in [-0.3, -0.25) is 0 Å². The number of hydrogen-bond acceptors (Lipinski definition) is 2. The summed E-state index contributed by atoms with van der Waals surface area (Å²) in [4.78, 5) is 0. The number of rotatable bonds is 0. The Kier molecular flexibility index (Phi) is 2.14. The normalized spacial score (nSPS) is 54.8. The molecule has 4 unspecified atom stereocenters. The highest BCUT2D eigenvalue weighted by molar-refractivity contribution is 4.94. The van der Waals surface area contributed by atoms with Gasteiger partial charge in [-0.25, -0.2) is 5.21 Å². The van der Waals surface area contributed by atoms with Gasteiger partial charge < -0.3 is 4.74 Å². The van der Waals surface area contributed by atoms with E-state index in [4.69, 9.17) is 4.74 Å². The second-order valence-corrected chi connectivity index (χ2v) is 5.80. The van der Waals surface area contributed by atoms with Gasteiger partial charge >= 0.3 is 0 Å². The number of ether oxygens (including phenoxy) is 1. The van der Waals surface area contributed by atoms with Crippen LogP contribution in [0.1, 0.15) is 45.4 Å². The summed E-state index contributed by atoms with van der Waals surface area (Å²) in [6.45, 7) is 3.86. The lowest BCUT2D eigenvalue weighted by atomic mass is 9.66. The third-order valence-electron chi connectivity index (χ3n) is 4.92. The number of piperidine rings is 1. The van der Waals surface area contributed by atoms with Gasteiger partial charge in [0.05, 0.1) is 6.10 Å². The van der Waals surface area contributed by atoms with Crippen LogP contribution in [0, 0.1) is 5.41 Å². The van der Waals surface area contributed by atoms with Crippen molar-refractivity contribution in [2.24, 2.45) is 5.41 Å². The summed E-state index contributed by atoms with van der Waals surface area (Å²) < 4.78 is 6.25. The van der Waals surface area contributed by atoms with Gasteiger partial charge in [-0.1, -0.05) is 12.8 Å². The van der Waals surface area contributed by atoms with Gasteiger partial charge in [0.1, 0.15) is 13.1 Å². The van der Waals surface area contributed by atoms with Gasteiger partial charge in [0, 0.05) is 18.8 Å². The van der Waals surface area contributed by atoms with Crippen molar-refractivity contribution in [2.45, 2.75) is 57.8 Å². The summed E-state index contributed by atoms with van der Waals surface area (Å²) >= 11 is 0. The van der Waals surface area contributed by atoms with Crippen molar-refractivity contribution in [3.8, 4) is 0 Å². The molecule has 1 N–H and O–H groups in total. The topological polar surface area (TPSA) is 29.5 Å². The van der Waals surface area contributed by atoms with E-state index in [1.54, 1.807) is 0 Å². The van der Waals surface area contributed by atoms with E-state index in [-0.39, 0.29) is 10.9 Å². The Bertz CT molecular complexity index is 266. The molecule has 1 aliphatic carbocycles.